The van der Waals surface area contributed by atoms with E-state index in [2.05, 4.69) is 55.6 Å². The van der Waals surface area contributed by atoms with Crippen LogP contribution in [0, 0.1) is 6.92 Å². The molecule has 0 heterocycles. The van der Waals surface area contributed by atoms with E-state index in [-0.39, 0.29) is 6.10 Å². The molecule has 1 N–H and O–H groups in total. The summed E-state index contributed by atoms with van der Waals surface area (Å²) in [5.41, 5.74) is 3.64. The largest absolute Gasteiger partial charge is 0.383 e. The zero-order chi connectivity index (χ0) is 13.5. The monoisotopic (exact) mass is 255 g/mol. The predicted octanol–water partition coefficient (Wildman–Crippen LogP) is 4.18. The Kier molecular flexibility index (Phi) is 4.99. The number of benzene rings is 2. The Bertz CT molecular complexity index is 496. The summed E-state index contributed by atoms with van der Waals surface area (Å²) in [4.78, 5) is 0. The van der Waals surface area contributed by atoms with Gasteiger partial charge in [-0.05, 0) is 37.1 Å². The first-order chi connectivity index (χ1) is 9.25. The number of rotatable bonds is 6. The maximum atomic E-state index is 5.82. The first-order valence-electron chi connectivity index (χ1n) is 6.73. The molecule has 0 fully saturated rings. The van der Waals surface area contributed by atoms with E-state index < -0.39 is 0 Å². The van der Waals surface area contributed by atoms with Crippen LogP contribution in [0.15, 0.2) is 54.6 Å². The van der Waals surface area contributed by atoms with Crippen molar-refractivity contribution >= 4 is 5.69 Å². The zero-order valence-electron chi connectivity index (χ0n) is 11.6. The van der Waals surface area contributed by atoms with Crippen LogP contribution in [-0.4, -0.2) is 13.2 Å². The fraction of sp³-hybridized carbons (Fsp3) is 0.294. The van der Waals surface area contributed by atoms with Crippen molar-refractivity contribution in [3.63, 3.8) is 0 Å². The fourth-order valence-corrected chi connectivity index (χ4v) is 2.01. The van der Waals surface area contributed by atoms with E-state index in [4.69, 9.17) is 4.74 Å². The molecule has 0 radical (unpaired) electrons. The van der Waals surface area contributed by atoms with Gasteiger partial charge in [0.25, 0.3) is 0 Å². The van der Waals surface area contributed by atoms with Crippen molar-refractivity contribution in [1.29, 1.82) is 0 Å². The van der Waals surface area contributed by atoms with Gasteiger partial charge in [-0.1, -0.05) is 42.5 Å². The minimum atomic E-state index is 0.139. The van der Waals surface area contributed by atoms with Gasteiger partial charge in [0.1, 0.15) is 0 Å². The van der Waals surface area contributed by atoms with Crippen LogP contribution in [-0.2, 0) is 4.74 Å². The third kappa shape index (κ3) is 4.42. The van der Waals surface area contributed by atoms with Crippen LogP contribution >= 0.6 is 0 Å². The molecular weight excluding hydrogens is 234 g/mol. The summed E-state index contributed by atoms with van der Waals surface area (Å²) >= 11 is 0. The van der Waals surface area contributed by atoms with Gasteiger partial charge in [0.15, 0.2) is 0 Å². The lowest BCUT2D eigenvalue weighted by Gasteiger charge is -2.14. The molecule has 0 aliphatic rings. The molecule has 2 aromatic carbocycles. The molecule has 0 aromatic heterocycles. The molecule has 19 heavy (non-hydrogen) atoms. The lowest BCUT2D eigenvalue weighted by molar-refractivity contribution is 0.0736. The van der Waals surface area contributed by atoms with Crippen LogP contribution < -0.4 is 5.32 Å². The van der Waals surface area contributed by atoms with Gasteiger partial charge >= 0.3 is 0 Å². The summed E-state index contributed by atoms with van der Waals surface area (Å²) in [6, 6.07) is 18.7. The van der Waals surface area contributed by atoms with Crippen LogP contribution in [0.1, 0.15) is 24.2 Å². The van der Waals surface area contributed by atoms with Gasteiger partial charge in [-0.3, -0.25) is 0 Å². The number of hydrogen-bond donors (Lipinski definition) is 1. The summed E-state index contributed by atoms with van der Waals surface area (Å²) in [6.07, 6.45) is 0.139. The highest BCUT2D eigenvalue weighted by molar-refractivity contribution is 5.45. The Balaban J connectivity index is 1.72. The fourth-order valence-electron chi connectivity index (χ4n) is 2.01. The van der Waals surface area contributed by atoms with Crippen molar-refractivity contribution in [3.05, 3.63) is 65.7 Å². The molecule has 100 valence electrons. The molecule has 1 atom stereocenters. The van der Waals surface area contributed by atoms with Crippen molar-refractivity contribution in [2.24, 2.45) is 0 Å². The minimum Gasteiger partial charge on any atom is -0.383 e. The van der Waals surface area contributed by atoms with E-state index in [0.717, 1.165) is 12.2 Å². The van der Waals surface area contributed by atoms with Gasteiger partial charge in [-0.25, -0.2) is 0 Å². The second-order valence-corrected chi connectivity index (χ2v) is 4.72. The van der Waals surface area contributed by atoms with Gasteiger partial charge in [0.2, 0.25) is 0 Å². The van der Waals surface area contributed by atoms with Gasteiger partial charge in [0.05, 0.1) is 12.7 Å². The van der Waals surface area contributed by atoms with E-state index in [1.165, 1.54) is 11.1 Å². The van der Waals surface area contributed by atoms with Crippen LogP contribution in [0.4, 0.5) is 5.69 Å². The van der Waals surface area contributed by atoms with Crippen LogP contribution in [0.2, 0.25) is 0 Å². The number of ether oxygens (including phenoxy) is 1. The van der Waals surface area contributed by atoms with Crippen molar-refractivity contribution in [3.8, 4) is 0 Å². The van der Waals surface area contributed by atoms with Crippen molar-refractivity contribution in [1.82, 2.24) is 0 Å². The molecule has 0 spiro atoms. The summed E-state index contributed by atoms with van der Waals surface area (Å²) in [5.74, 6) is 0. The van der Waals surface area contributed by atoms with Crippen LogP contribution in [0.3, 0.4) is 0 Å². The van der Waals surface area contributed by atoms with Crippen molar-refractivity contribution in [2.45, 2.75) is 20.0 Å². The molecule has 0 bridgehead atoms. The number of hydrogen-bond acceptors (Lipinski definition) is 2. The topological polar surface area (TPSA) is 21.3 Å². The van der Waals surface area contributed by atoms with Gasteiger partial charge in [-0.2, -0.15) is 0 Å². The minimum absolute atomic E-state index is 0.139. The molecule has 0 aliphatic heterocycles. The third-order valence-electron chi connectivity index (χ3n) is 3.09. The Morgan fingerprint density at radius 2 is 1.84 bits per heavy atom. The average Bonchev–Trinajstić information content (AvgIpc) is 2.44. The smallest absolute Gasteiger partial charge is 0.0797 e. The molecule has 0 saturated heterocycles. The van der Waals surface area contributed by atoms with E-state index in [9.17, 15) is 0 Å². The Labute approximate surface area is 115 Å². The maximum absolute atomic E-state index is 5.82. The molecule has 2 aromatic rings. The van der Waals surface area contributed by atoms with Gasteiger partial charge < -0.3 is 10.1 Å². The zero-order valence-corrected chi connectivity index (χ0v) is 11.6. The first kappa shape index (κ1) is 13.6. The second-order valence-electron chi connectivity index (χ2n) is 4.72. The quantitative estimate of drug-likeness (QED) is 0.782. The second kappa shape index (κ2) is 6.95. The average molecular weight is 255 g/mol. The third-order valence-corrected chi connectivity index (χ3v) is 3.09. The Hall–Kier alpha value is -1.80. The first-order valence-corrected chi connectivity index (χ1v) is 6.73. The number of anilines is 1. The SMILES string of the molecule is Cc1cccc(NCCOC(C)c2ccccc2)c1. The highest BCUT2D eigenvalue weighted by Gasteiger charge is 2.03. The van der Waals surface area contributed by atoms with Gasteiger partial charge in [0, 0.05) is 12.2 Å². The lowest BCUT2D eigenvalue weighted by atomic mass is 10.1. The van der Waals surface area contributed by atoms with E-state index in [0.29, 0.717) is 6.61 Å². The summed E-state index contributed by atoms with van der Waals surface area (Å²) < 4.78 is 5.82. The summed E-state index contributed by atoms with van der Waals surface area (Å²) in [5, 5.41) is 3.37. The Morgan fingerprint density at radius 1 is 1.05 bits per heavy atom. The van der Waals surface area contributed by atoms with Crippen molar-refractivity contribution < 1.29 is 4.74 Å². The lowest BCUT2D eigenvalue weighted by Crippen LogP contribution is -2.11. The molecule has 0 aliphatic carbocycles. The highest BCUT2D eigenvalue weighted by atomic mass is 16.5. The number of nitrogens with one attached hydrogen (secondary N) is 1. The molecule has 0 saturated carbocycles. The molecule has 0 amide bonds. The molecule has 2 heteroatoms. The molecule has 1 unspecified atom stereocenters. The normalized spacial score (nSPS) is 12.1. The summed E-state index contributed by atoms with van der Waals surface area (Å²) in [7, 11) is 0. The molecular formula is C17H21NO. The predicted molar refractivity (Wildman–Crippen MR) is 80.5 cm³/mol. The Morgan fingerprint density at radius 3 is 2.58 bits per heavy atom. The molecule has 2 nitrogen and oxygen atoms in total. The van der Waals surface area contributed by atoms with Crippen LogP contribution in [0.25, 0.3) is 0 Å². The van der Waals surface area contributed by atoms with E-state index >= 15 is 0 Å². The van der Waals surface area contributed by atoms with E-state index in [1.807, 2.05) is 18.2 Å². The standard InChI is InChI=1S/C17H21NO/c1-14-7-6-10-17(13-14)18-11-12-19-15(2)16-8-4-3-5-9-16/h3-10,13,15,18H,11-12H2,1-2H3. The van der Waals surface area contributed by atoms with Crippen LogP contribution in [0.5, 0.6) is 0 Å². The number of aryl methyl sites for hydroxylation is 1. The summed E-state index contributed by atoms with van der Waals surface area (Å²) in [6.45, 7) is 5.70. The maximum Gasteiger partial charge on any atom is 0.0797 e. The highest BCUT2D eigenvalue weighted by Crippen LogP contribution is 2.15. The van der Waals surface area contributed by atoms with Gasteiger partial charge in [-0.15, -0.1) is 0 Å². The molecule has 2 rings (SSSR count). The van der Waals surface area contributed by atoms with Crippen molar-refractivity contribution in [2.75, 3.05) is 18.5 Å². The van der Waals surface area contributed by atoms with E-state index in [1.54, 1.807) is 0 Å².